The van der Waals surface area contributed by atoms with Crippen molar-refractivity contribution in [1.82, 2.24) is 9.88 Å². The standard InChI is InChI=1S/C18H22FN3O4S/c1-3-26-9-5-8-22(11-16-21-15(12-27-16)17(23)25-2)18(24)20-14-7-4-6-13(19)10-14/h4,6-7,10,12H,3,5,8-9,11H2,1-2H3,(H,20,24). The van der Waals surface area contributed by atoms with E-state index in [1.165, 1.54) is 36.6 Å². The zero-order chi connectivity index (χ0) is 19.6. The van der Waals surface area contributed by atoms with Crippen LogP contribution >= 0.6 is 11.3 Å². The quantitative estimate of drug-likeness (QED) is 0.519. The third-order valence-electron chi connectivity index (χ3n) is 3.56. The number of carbonyl (C=O) groups excluding carboxylic acids is 2. The van der Waals surface area contributed by atoms with Crippen molar-refractivity contribution in [2.24, 2.45) is 0 Å². The van der Waals surface area contributed by atoms with Gasteiger partial charge >= 0.3 is 12.0 Å². The predicted molar refractivity (Wildman–Crippen MR) is 100 cm³/mol. The maximum atomic E-state index is 13.3. The Hall–Kier alpha value is -2.52. The number of anilines is 1. The van der Waals surface area contributed by atoms with E-state index in [0.717, 1.165) is 0 Å². The summed E-state index contributed by atoms with van der Waals surface area (Å²) in [5.41, 5.74) is 0.571. The van der Waals surface area contributed by atoms with Crippen LogP contribution in [0.3, 0.4) is 0 Å². The highest BCUT2D eigenvalue weighted by Crippen LogP contribution is 2.16. The van der Waals surface area contributed by atoms with Crippen LogP contribution in [-0.4, -0.2) is 48.8 Å². The van der Waals surface area contributed by atoms with Gasteiger partial charge in [-0.25, -0.2) is 19.0 Å². The third kappa shape index (κ3) is 6.61. The third-order valence-corrected chi connectivity index (χ3v) is 4.39. The normalized spacial score (nSPS) is 10.5. The molecule has 1 heterocycles. The molecule has 27 heavy (non-hydrogen) atoms. The second-order valence-corrected chi connectivity index (χ2v) is 6.47. The van der Waals surface area contributed by atoms with Gasteiger partial charge in [0.15, 0.2) is 5.69 Å². The van der Waals surface area contributed by atoms with E-state index in [9.17, 15) is 14.0 Å². The van der Waals surface area contributed by atoms with Crippen LogP contribution in [0.1, 0.15) is 28.8 Å². The number of carbonyl (C=O) groups is 2. The summed E-state index contributed by atoms with van der Waals surface area (Å²) in [4.78, 5) is 29.9. The fourth-order valence-corrected chi connectivity index (χ4v) is 3.05. The maximum Gasteiger partial charge on any atom is 0.357 e. The summed E-state index contributed by atoms with van der Waals surface area (Å²) >= 11 is 1.27. The van der Waals surface area contributed by atoms with E-state index in [-0.39, 0.29) is 18.3 Å². The first-order valence-electron chi connectivity index (χ1n) is 8.45. The van der Waals surface area contributed by atoms with E-state index < -0.39 is 11.8 Å². The topological polar surface area (TPSA) is 80.8 Å². The first-order valence-corrected chi connectivity index (χ1v) is 9.33. The van der Waals surface area contributed by atoms with Gasteiger partial charge in [0.05, 0.1) is 13.7 Å². The van der Waals surface area contributed by atoms with Crippen LogP contribution in [0.5, 0.6) is 0 Å². The minimum atomic E-state index is -0.524. The van der Waals surface area contributed by atoms with Crippen molar-refractivity contribution in [3.63, 3.8) is 0 Å². The van der Waals surface area contributed by atoms with E-state index in [0.29, 0.717) is 36.9 Å². The molecule has 0 fully saturated rings. The van der Waals surface area contributed by atoms with Gasteiger partial charge in [-0.05, 0) is 31.5 Å². The molecule has 0 bridgehead atoms. The van der Waals surface area contributed by atoms with Gasteiger partial charge < -0.3 is 19.7 Å². The Morgan fingerprint density at radius 3 is 2.89 bits per heavy atom. The number of halogens is 1. The molecule has 0 aliphatic rings. The Kier molecular flexibility index (Phi) is 8.15. The number of nitrogens with zero attached hydrogens (tertiary/aromatic N) is 2. The first kappa shape index (κ1) is 20.8. The zero-order valence-corrected chi connectivity index (χ0v) is 16.1. The molecule has 0 atom stereocenters. The molecule has 9 heteroatoms. The average molecular weight is 395 g/mol. The monoisotopic (exact) mass is 395 g/mol. The highest BCUT2D eigenvalue weighted by atomic mass is 32.1. The number of urea groups is 1. The molecule has 0 spiro atoms. The number of hydrogen-bond donors (Lipinski definition) is 1. The van der Waals surface area contributed by atoms with Gasteiger partial charge in [-0.3, -0.25) is 0 Å². The number of nitrogens with one attached hydrogen (secondary N) is 1. The molecule has 146 valence electrons. The Morgan fingerprint density at radius 2 is 2.19 bits per heavy atom. The molecule has 0 radical (unpaired) electrons. The van der Waals surface area contributed by atoms with Crippen molar-refractivity contribution >= 4 is 29.0 Å². The molecule has 2 amide bonds. The smallest absolute Gasteiger partial charge is 0.357 e. The minimum Gasteiger partial charge on any atom is -0.464 e. The molecule has 7 nitrogen and oxygen atoms in total. The van der Waals surface area contributed by atoms with Crippen molar-refractivity contribution in [1.29, 1.82) is 0 Å². The summed E-state index contributed by atoms with van der Waals surface area (Å²) in [6, 6.07) is 5.30. The molecule has 2 aromatic rings. The van der Waals surface area contributed by atoms with E-state index in [1.54, 1.807) is 16.3 Å². The van der Waals surface area contributed by atoms with Gasteiger partial charge in [0.1, 0.15) is 10.8 Å². The summed E-state index contributed by atoms with van der Waals surface area (Å²) in [5.74, 6) is -0.956. The second-order valence-electron chi connectivity index (χ2n) is 5.53. The molecular weight excluding hydrogens is 373 g/mol. The number of benzene rings is 1. The molecule has 0 saturated carbocycles. The van der Waals surface area contributed by atoms with Crippen molar-refractivity contribution < 1.29 is 23.5 Å². The predicted octanol–water partition coefficient (Wildman–Crippen LogP) is 3.53. The van der Waals surface area contributed by atoms with Crippen molar-refractivity contribution in [3.05, 3.63) is 46.2 Å². The van der Waals surface area contributed by atoms with Gasteiger partial charge in [-0.15, -0.1) is 11.3 Å². The van der Waals surface area contributed by atoms with Crippen LogP contribution in [0.25, 0.3) is 0 Å². The Morgan fingerprint density at radius 1 is 1.37 bits per heavy atom. The van der Waals surface area contributed by atoms with Crippen LogP contribution in [0, 0.1) is 5.82 Å². The maximum absolute atomic E-state index is 13.3. The lowest BCUT2D eigenvalue weighted by molar-refractivity contribution is 0.0594. The van der Waals surface area contributed by atoms with Crippen molar-refractivity contribution in [3.8, 4) is 0 Å². The van der Waals surface area contributed by atoms with E-state index in [4.69, 9.17) is 4.74 Å². The lowest BCUT2D eigenvalue weighted by Gasteiger charge is -2.22. The minimum absolute atomic E-state index is 0.206. The number of methoxy groups -OCH3 is 1. The molecule has 1 N–H and O–H groups in total. The molecule has 1 aromatic heterocycles. The second kappa shape index (κ2) is 10.6. The highest BCUT2D eigenvalue weighted by Gasteiger charge is 2.18. The Bertz CT molecular complexity index is 769. The summed E-state index contributed by atoms with van der Waals surface area (Å²) in [6.45, 7) is 3.66. The number of rotatable bonds is 9. The zero-order valence-electron chi connectivity index (χ0n) is 15.2. The molecule has 0 aliphatic carbocycles. The SMILES string of the molecule is CCOCCCN(Cc1nc(C(=O)OC)cs1)C(=O)Nc1cccc(F)c1. The van der Waals surface area contributed by atoms with Crippen molar-refractivity contribution in [2.45, 2.75) is 19.9 Å². The Balaban J connectivity index is 2.06. The van der Waals surface area contributed by atoms with E-state index >= 15 is 0 Å². The van der Waals surface area contributed by atoms with Gasteiger partial charge in [0, 0.05) is 30.8 Å². The lowest BCUT2D eigenvalue weighted by atomic mass is 10.3. The van der Waals surface area contributed by atoms with Gasteiger partial charge in [-0.1, -0.05) is 6.07 Å². The number of esters is 1. The summed E-state index contributed by atoms with van der Waals surface area (Å²) in [6.07, 6.45) is 0.639. The lowest BCUT2D eigenvalue weighted by Crippen LogP contribution is -2.35. The summed E-state index contributed by atoms with van der Waals surface area (Å²) < 4.78 is 23.3. The van der Waals surface area contributed by atoms with Crippen LogP contribution in [-0.2, 0) is 16.0 Å². The summed E-state index contributed by atoms with van der Waals surface area (Å²) in [5, 5.41) is 4.86. The fraction of sp³-hybridized carbons (Fsp3) is 0.389. The molecular formula is C18H22FN3O4S. The number of amides is 2. The molecule has 2 rings (SSSR count). The highest BCUT2D eigenvalue weighted by molar-refractivity contribution is 7.09. The number of aromatic nitrogens is 1. The number of ether oxygens (including phenoxy) is 2. The van der Waals surface area contributed by atoms with Crippen molar-refractivity contribution in [2.75, 3.05) is 32.2 Å². The average Bonchev–Trinajstić information content (AvgIpc) is 3.12. The van der Waals surface area contributed by atoms with Crippen LogP contribution in [0.15, 0.2) is 29.6 Å². The molecule has 1 aromatic carbocycles. The number of thiazole rings is 1. The fourth-order valence-electron chi connectivity index (χ4n) is 2.27. The largest absolute Gasteiger partial charge is 0.464 e. The van der Waals surface area contributed by atoms with E-state index in [1.807, 2.05) is 6.92 Å². The van der Waals surface area contributed by atoms with Gasteiger partial charge in [-0.2, -0.15) is 0 Å². The Labute approximate surface area is 161 Å². The van der Waals surface area contributed by atoms with Crippen LogP contribution in [0.4, 0.5) is 14.9 Å². The van der Waals surface area contributed by atoms with Gasteiger partial charge in [0.2, 0.25) is 0 Å². The summed E-state index contributed by atoms with van der Waals surface area (Å²) in [7, 11) is 1.29. The number of hydrogen-bond acceptors (Lipinski definition) is 6. The van der Waals surface area contributed by atoms with Crippen LogP contribution in [0.2, 0.25) is 0 Å². The van der Waals surface area contributed by atoms with Crippen LogP contribution < -0.4 is 5.32 Å². The van der Waals surface area contributed by atoms with E-state index in [2.05, 4.69) is 15.0 Å². The molecule has 0 unspecified atom stereocenters. The molecule has 0 aliphatic heterocycles. The first-order chi connectivity index (χ1) is 13.0. The molecule has 0 saturated heterocycles. The van der Waals surface area contributed by atoms with Gasteiger partial charge in [0.25, 0.3) is 0 Å².